The number of hydrogen-bond donors (Lipinski definition) is 2. The van der Waals surface area contributed by atoms with Gasteiger partial charge < -0.3 is 5.11 Å². The molecular weight excluding hydrogens is 310 g/mol. The van der Waals surface area contributed by atoms with Crippen molar-refractivity contribution in [3.8, 4) is 0 Å². The third-order valence-corrected chi connectivity index (χ3v) is 8.87. The molecule has 25 heavy (non-hydrogen) atoms. The molecule has 3 fully saturated rings. The van der Waals surface area contributed by atoms with Crippen LogP contribution in [0.15, 0.2) is 17.8 Å². The van der Waals surface area contributed by atoms with Gasteiger partial charge in [0.25, 0.3) is 0 Å². The van der Waals surface area contributed by atoms with Crippen molar-refractivity contribution in [1.29, 1.82) is 0 Å². The van der Waals surface area contributed by atoms with Crippen LogP contribution < -0.4 is 0 Å². The molecule has 3 saturated carbocycles. The van der Waals surface area contributed by atoms with E-state index < -0.39 is 0 Å². The molecule has 0 amide bonds. The van der Waals surface area contributed by atoms with Crippen molar-refractivity contribution >= 4 is 0 Å². The minimum Gasteiger partial charge on any atom is -0.393 e. The first-order valence-electron chi connectivity index (χ1n) is 10.3. The molecule has 4 heteroatoms. The van der Waals surface area contributed by atoms with Gasteiger partial charge in [0.05, 0.1) is 11.8 Å². The minimum atomic E-state index is -0.104. The van der Waals surface area contributed by atoms with Crippen molar-refractivity contribution in [1.82, 2.24) is 15.4 Å². The Labute approximate surface area is 150 Å². The van der Waals surface area contributed by atoms with Crippen LogP contribution in [0.25, 0.3) is 0 Å². The lowest BCUT2D eigenvalue weighted by atomic mass is 9.47. The van der Waals surface area contributed by atoms with E-state index in [0.717, 1.165) is 30.6 Å². The molecule has 0 aliphatic heterocycles. The van der Waals surface area contributed by atoms with Crippen LogP contribution in [0.1, 0.15) is 76.8 Å². The van der Waals surface area contributed by atoms with Gasteiger partial charge in [-0.2, -0.15) is 0 Å². The number of hydrogen-bond acceptors (Lipinski definition) is 3. The summed E-state index contributed by atoms with van der Waals surface area (Å²) >= 11 is 0. The van der Waals surface area contributed by atoms with E-state index in [1.54, 1.807) is 5.57 Å². The van der Waals surface area contributed by atoms with Gasteiger partial charge in [-0.05, 0) is 80.0 Å². The van der Waals surface area contributed by atoms with Crippen LogP contribution in [0.4, 0.5) is 0 Å². The van der Waals surface area contributed by atoms with E-state index >= 15 is 0 Å². The number of H-pyrrole nitrogens is 1. The van der Waals surface area contributed by atoms with Crippen LogP contribution in [0, 0.1) is 28.6 Å². The monoisotopic (exact) mass is 341 g/mol. The van der Waals surface area contributed by atoms with Gasteiger partial charge in [0.2, 0.25) is 0 Å². The Kier molecular flexibility index (Phi) is 3.48. The van der Waals surface area contributed by atoms with Crippen molar-refractivity contribution in [3.63, 3.8) is 0 Å². The van der Waals surface area contributed by atoms with Crippen LogP contribution in [0.5, 0.6) is 0 Å². The number of fused-ring (bicyclic) bond motifs is 5. The topological polar surface area (TPSA) is 61.8 Å². The van der Waals surface area contributed by atoms with E-state index in [9.17, 15) is 5.11 Å². The Morgan fingerprint density at radius 2 is 2.00 bits per heavy atom. The molecule has 4 aliphatic carbocycles. The lowest BCUT2D eigenvalue weighted by molar-refractivity contribution is -0.0412. The Balaban J connectivity index is 1.47. The molecule has 0 spiro atoms. The third kappa shape index (κ3) is 2.16. The molecule has 1 aromatic rings. The number of nitrogens with one attached hydrogen (secondary N) is 1. The van der Waals surface area contributed by atoms with E-state index in [1.807, 2.05) is 6.20 Å². The first-order valence-corrected chi connectivity index (χ1v) is 10.3. The van der Waals surface area contributed by atoms with Crippen molar-refractivity contribution in [2.45, 2.75) is 77.2 Å². The summed E-state index contributed by atoms with van der Waals surface area (Å²) in [5.74, 6) is 3.02. The van der Waals surface area contributed by atoms with E-state index in [0.29, 0.717) is 16.7 Å². The highest BCUT2D eigenvalue weighted by Crippen LogP contribution is 2.67. The quantitative estimate of drug-likeness (QED) is 0.752. The van der Waals surface area contributed by atoms with Crippen LogP contribution in [0.2, 0.25) is 0 Å². The Morgan fingerprint density at radius 1 is 1.12 bits per heavy atom. The van der Waals surface area contributed by atoms with Crippen molar-refractivity contribution in [2.24, 2.45) is 28.6 Å². The standard InChI is InChI=1S/C21H31N3O/c1-20-9-7-14(25)11-13(20)3-4-15-16-5-6-18(19-12-22-24-23-19)21(16,2)10-8-17(15)20/h3,12,14-18,25H,4-11H2,1-2H3,(H,22,23,24)/t14-,15?,16?,17?,18+,20-,21-/m0/s1. The molecular formula is C21H31N3O. The van der Waals surface area contributed by atoms with Gasteiger partial charge in [0.1, 0.15) is 0 Å². The zero-order chi connectivity index (χ0) is 17.2. The predicted molar refractivity (Wildman–Crippen MR) is 96.8 cm³/mol. The van der Waals surface area contributed by atoms with Gasteiger partial charge in [0, 0.05) is 12.1 Å². The lowest BCUT2D eigenvalue weighted by Gasteiger charge is -2.58. The van der Waals surface area contributed by atoms with Crippen molar-refractivity contribution < 1.29 is 5.11 Å². The molecule has 5 rings (SSSR count). The minimum absolute atomic E-state index is 0.104. The van der Waals surface area contributed by atoms with E-state index in [1.165, 1.54) is 44.2 Å². The average molecular weight is 341 g/mol. The Bertz CT molecular complexity index is 683. The number of aliphatic hydroxyl groups excluding tert-OH is 1. The fraction of sp³-hybridized carbons (Fsp3) is 0.810. The van der Waals surface area contributed by atoms with E-state index in [4.69, 9.17) is 0 Å². The van der Waals surface area contributed by atoms with Crippen LogP contribution in [-0.4, -0.2) is 26.6 Å². The van der Waals surface area contributed by atoms with Gasteiger partial charge >= 0.3 is 0 Å². The second-order valence-electron chi connectivity index (χ2n) is 9.73. The number of aromatic nitrogens is 3. The number of allylic oxidation sites excluding steroid dienone is 1. The Hall–Kier alpha value is -1.16. The summed E-state index contributed by atoms with van der Waals surface area (Å²) in [6, 6.07) is 0. The van der Waals surface area contributed by atoms with Crippen molar-refractivity contribution in [3.05, 3.63) is 23.5 Å². The summed E-state index contributed by atoms with van der Waals surface area (Å²) in [5.41, 5.74) is 3.48. The smallest absolute Gasteiger partial charge is 0.0860 e. The second kappa shape index (κ2) is 5.42. The molecule has 3 unspecified atom stereocenters. The van der Waals surface area contributed by atoms with Gasteiger partial charge in [-0.1, -0.05) is 30.7 Å². The normalized spacial score (nSPS) is 49.1. The molecule has 0 radical (unpaired) electrons. The molecule has 0 aromatic carbocycles. The highest BCUT2D eigenvalue weighted by molar-refractivity contribution is 5.26. The number of aliphatic hydroxyl groups is 1. The lowest BCUT2D eigenvalue weighted by Crippen LogP contribution is -2.50. The maximum atomic E-state index is 10.1. The maximum absolute atomic E-state index is 10.1. The van der Waals surface area contributed by atoms with Crippen LogP contribution >= 0.6 is 0 Å². The molecule has 1 heterocycles. The summed E-state index contributed by atoms with van der Waals surface area (Å²) in [5, 5.41) is 21.4. The molecule has 136 valence electrons. The average Bonchev–Trinajstić information content (AvgIpc) is 3.22. The largest absolute Gasteiger partial charge is 0.393 e. The van der Waals surface area contributed by atoms with Gasteiger partial charge in [0.15, 0.2) is 0 Å². The maximum Gasteiger partial charge on any atom is 0.0860 e. The number of rotatable bonds is 1. The zero-order valence-electron chi connectivity index (χ0n) is 15.5. The fourth-order valence-corrected chi connectivity index (χ4v) is 7.51. The summed E-state index contributed by atoms with van der Waals surface area (Å²) in [6.45, 7) is 5.04. The molecule has 4 nitrogen and oxygen atoms in total. The highest BCUT2D eigenvalue weighted by atomic mass is 16.3. The van der Waals surface area contributed by atoms with Gasteiger partial charge in [-0.3, -0.25) is 5.10 Å². The second-order valence-corrected chi connectivity index (χ2v) is 9.73. The number of aromatic amines is 1. The predicted octanol–water partition coefficient (Wildman–Crippen LogP) is 4.21. The van der Waals surface area contributed by atoms with Crippen LogP contribution in [-0.2, 0) is 0 Å². The summed E-state index contributed by atoms with van der Waals surface area (Å²) in [4.78, 5) is 0. The van der Waals surface area contributed by atoms with Crippen LogP contribution in [0.3, 0.4) is 0 Å². The fourth-order valence-electron chi connectivity index (χ4n) is 7.51. The van der Waals surface area contributed by atoms with E-state index in [-0.39, 0.29) is 6.10 Å². The highest BCUT2D eigenvalue weighted by Gasteiger charge is 2.59. The molecule has 1 aromatic heterocycles. The molecule has 0 saturated heterocycles. The first-order chi connectivity index (χ1) is 12.0. The first kappa shape index (κ1) is 16.0. The zero-order valence-corrected chi connectivity index (χ0v) is 15.5. The summed E-state index contributed by atoms with van der Waals surface area (Å²) < 4.78 is 0. The Morgan fingerprint density at radius 3 is 2.80 bits per heavy atom. The van der Waals surface area contributed by atoms with Crippen molar-refractivity contribution in [2.75, 3.05) is 0 Å². The number of nitrogens with zero attached hydrogens (tertiary/aromatic N) is 2. The molecule has 7 atom stereocenters. The van der Waals surface area contributed by atoms with Gasteiger partial charge in [-0.15, -0.1) is 5.10 Å². The van der Waals surface area contributed by atoms with Gasteiger partial charge in [-0.25, -0.2) is 0 Å². The SMILES string of the molecule is C[C@]12CC[C@H](O)CC1=CCC1C2CC[C@@]2(C)C1CC[C@@H]2c1c[nH]nn1. The molecule has 4 aliphatic rings. The summed E-state index contributed by atoms with van der Waals surface area (Å²) in [6.07, 6.45) is 14.0. The summed E-state index contributed by atoms with van der Waals surface area (Å²) in [7, 11) is 0. The molecule has 0 bridgehead atoms. The van der Waals surface area contributed by atoms with E-state index in [2.05, 4.69) is 35.3 Å². The molecule has 2 N–H and O–H groups in total. The third-order valence-electron chi connectivity index (χ3n) is 8.87.